The Morgan fingerprint density at radius 3 is 2.70 bits per heavy atom. The van der Waals surface area contributed by atoms with Crippen molar-refractivity contribution in [2.75, 3.05) is 14.1 Å². The van der Waals surface area contributed by atoms with Gasteiger partial charge in [0.1, 0.15) is 16.7 Å². The Morgan fingerprint density at radius 1 is 1.48 bits per heavy atom. The van der Waals surface area contributed by atoms with Gasteiger partial charge in [-0.1, -0.05) is 24.6 Å². The monoisotopic (exact) mass is 334 g/mol. The van der Waals surface area contributed by atoms with Gasteiger partial charge >= 0.3 is 0 Å². The highest BCUT2D eigenvalue weighted by Crippen LogP contribution is 2.48. The molecule has 2 N–H and O–H groups in total. The summed E-state index contributed by atoms with van der Waals surface area (Å²) >= 11 is 5.93. The van der Waals surface area contributed by atoms with Gasteiger partial charge in [0, 0.05) is 31.9 Å². The minimum Gasteiger partial charge on any atom is -0.404 e. The highest BCUT2D eigenvalue weighted by Gasteiger charge is 2.47. The lowest BCUT2D eigenvalue weighted by Gasteiger charge is -2.35. The van der Waals surface area contributed by atoms with Crippen LogP contribution in [0.5, 0.6) is 0 Å². The maximum Gasteiger partial charge on any atom is 0.270 e. The van der Waals surface area contributed by atoms with Gasteiger partial charge in [-0.15, -0.1) is 0 Å². The molecule has 2 saturated carbocycles. The summed E-state index contributed by atoms with van der Waals surface area (Å²) in [6.07, 6.45) is 8.13. The molecule has 0 aromatic rings. The van der Waals surface area contributed by atoms with Crippen LogP contribution in [0.15, 0.2) is 40.3 Å². The fraction of sp³-hybridized carbons (Fsp3) is 0.529. The van der Waals surface area contributed by atoms with Gasteiger partial charge in [-0.05, 0) is 37.2 Å². The van der Waals surface area contributed by atoms with Crippen LogP contribution in [0.2, 0.25) is 0 Å². The summed E-state index contributed by atoms with van der Waals surface area (Å²) in [6.45, 7) is 3.67. The molecule has 124 valence electrons. The van der Waals surface area contributed by atoms with Gasteiger partial charge in [-0.3, -0.25) is 4.79 Å². The molecular formula is C17H23ClN4O. The molecule has 3 rings (SSSR count). The molecule has 0 spiro atoms. The minimum atomic E-state index is -0.0440. The number of amides is 1. The molecule has 23 heavy (non-hydrogen) atoms. The summed E-state index contributed by atoms with van der Waals surface area (Å²) in [4.78, 5) is 20.7. The largest absolute Gasteiger partial charge is 0.404 e. The van der Waals surface area contributed by atoms with Crippen LogP contribution in [0.25, 0.3) is 0 Å². The quantitative estimate of drug-likeness (QED) is 0.806. The normalized spacial score (nSPS) is 32.7. The van der Waals surface area contributed by atoms with Crippen molar-refractivity contribution in [3.05, 3.63) is 35.3 Å². The maximum absolute atomic E-state index is 12.6. The van der Waals surface area contributed by atoms with Gasteiger partial charge < -0.3 is 15.5 Å². The van der Waals surface area contributed by atoms with E-state index in [9.17, 15) is 4.79 Å². The fourth-order valence-electron chi connectivity index (χ4n) is 4.15. The third-order valence-corrected chi connectivity index (χ3v) is 5.19. The topological polar surface area (TPSA) is 61.9 Å². The summed E-state index contributed by atoms with van der Waals surface area (Å²) in [5.41, 5.74) is 7.11. The van der Waals surface area contributed by atoms with Crippen LogP contribution in [-0.2, 0) is 4.79 Å². The summed E-state index contributed by atoms with van der Waals surface area (Å²) in [7, 11) is 3.51. The molecule has 0 aromatic carbocycles. The van der Waals surface area contributed by atoms with E-state index in [1.165, 1.54) is 25.5 Å². The third-order valence-electron chi connectivity index (χ3n) is 5.10. The van der Waals surface area contributed by atoms with Crippen molar-refractivity contribution < 1.29 is 4.79 Å². The number of rotatable bonds is 3. The Kier molecular flexibility index (Phi) is 4.23. The number of hydrogen-bond acceptors (Lipinski definition) is 3. The number of halogens is 1. The molecule has 0 aromatic heterocycles. The summed E-state index contributed by atoms with van der Waals surface area (Å²) in [5.74, 6) is 1.96. The number of nitrogens with two attached hydrogens (primary N) is 1. The minimum absolute atomic E-state index is 0.0440. The second kappa shape index (κ2) is 6.04. The number of likely N-dealkylation sites (N-methyl/N-ethyl adjacent to an activating group) is 1. The standard InChI is InChI=1S/C17H23ClN4O/c1-10(18)20-16-13(9-19)8-15(17(23)21(2)3)22(16)14-7-11-4-5-12(14)6-11/h8-9,11-12,14H,1,4-7,19H2,2-3H3/b13-9-,20-16+/t11-,12+,14+/m1/s1. The third kappa shape index (κ3) is 2.78. The summed E-state index contributed by atoms with van der Waals surface area (Å²) in [6, 6.07) is 0.288. The molecule has 1 heterocycles. The van der Waals surface area contributed by atoms with Crippen molar-refractivity contribution >= 4 is 23.3 Å². The molecule has 0 unspecified atom stereocenters. The highest BCUT2D eigenvalue weighted by atomic mass is 35.5. The van der Waals surface area contributed by atoms with Crippen LogP contribution in [0.1, 0.15) is 25.7 Å². The lowest BCUT2D eigenvalue weighted by Crippen LogP contribution is -2.44. The van der Waals surface area contributed by atoms with Crippen molar-refractivity contribution in [2.24, 2.45) is 22.6 Å². The number of amidine groups is 1. The molecule has 2 aliphatic carbocycles. The fourth-order valence-corrected chi connectivity index (χ4v) is 4.23. The Labute approximate surface area is 142 Å². The molecule has 1 aliphatic heterocycles. The van der Waals surface area contributed by atoms with E-state index in [-0.39, 0.29) is 17.1 Å². The van der Waals surface area contributed by atoms with E-state index in [0.717, 1.165) is 17.9 Å². The lowest BCUT2D eigenvalue weighted by molar-refractivity contribution is -0.126. The first-order valence-electron chi connectivity index (χ1n) is 8.00. The van der Waals surface area contributed by atoms with Gasteiger partial charge in [0.2, 0.25) is 0 Å². The zero-order valence-electron chi connectivity index (χ0n) is 13.6. The van der Waals surface area contributed by atoms with Gasteiger partial charge in [0.25, 0.3) is 5.91 Å². The first-order valence-corrected chi connectivity index (χ1v) is 8.38. The van der Waals surface area contributed by atoms with Crippen molar-refractivity contribution in [2.45, 2.75) is 31.7 Å². The van der Waals surface area contributed by atoms with Crippen LogP contribution in [0.3, 0.4) is 0 Å². The second-order valence-electron chi connectivity index (χ2n) is 6.78. The lowest BCUT2D eigenvalue weighted by atomic mass is 9.93. The van der Waals surface area contributed by atoms with Crippen LogP contribution in [0, 0.1) is 11.8 Å². The number of carbonyl (C=O) groups excluding carboxylic acids is 1. The average Bonchev–Trinajstić information content (AvgIpc) is 3.18. The number of hydrogen-bond donors (Lipinski definition) is 1. The number of nitrogens with zero attached hydrogens (tertiary/aromatic N) is 3. The van der Waals surface area contributed by atoms with E-state index in [4.69, 9.17) is 17.3 Å². The molecular weight excluding hydrogens is 312 g/mol. The van der Waals surface area contributed by atoms with Crippen molar-refractivity contribution in [1.82, 2.24) is 9.80 Å². The van der Waals surface area contributed by atoms with Gasteiger partial charge in [0.05, 0.1) is 0 Å². The predicted octanol–water partition coefficient (Wildman–Crippen LogP) is 2.41. The molecule has 0 saturated heterocycles. The van der Waals surface area contributed by atoms with Crippen LogP contribution >= 0.6 is 11.6 Å². The maximum atomic E-state index is 12.6. The Morgan fingerprint density at radius 2 is 2.22 bits per heavy atom. The second-order valence-corrected chi connectivity index (χ2v) is 7.21. The SMILES string of the molecule is C=C(Cl)/N=C1\C(=C/N)C=C(C(=O)N(C)C)N1[C@H]1C[C@@H]2CC[C@H]1C2. The molecule has 0 radical (unpaired) electrons. The number of carbonyl (C=O) groups is 1. The molecule has 1 amide bonds. The van der Waals surface area contributed by atoms with Crippen LogP contribution < -0.4 is 5.73 Å². The van der Waals surface area contributed by atoms with E-state index in [2.05, 4.69) is 16.5 Å². The van der Waals surface area contributed by atoms with E-state index in [1.807, 2.05) is 6.08 Å². The first-order chi connectivity index (χ1) is 10.9. The highest BCUT2D eigenvalue weighted by molar-refractivity contribution is 6.30. The van der Waals surface area contributed by atoms with Crippen molar-refractivity contribution in [3.63, 3.8) is 0 Å². The summed E-state index contributed by atoms with van der Waals surface area (Å²) in [5, 5.41) is 0.194. The van der Waals surface area contributed by atoms with Crippen molar-refractivity contribution in [3.8, 4) is 0 Å². The number of aliphatic imine (C=N–C) groups is 1. The molecule has 3 aliphatic rings. The molecule has 2 fully saturated rings. The smallest absolute Gasteiger partial charge is 0.270 e. The average molecular weight is 335 g/mol. The number of fused-ring (bicyclic) bond motifs is 2. The van der Waals surface area contributed by atoms with Gasteiger partial charge in [-0.2, -0.15) is 0 Å². The molecule has 5 nitrogen and oxygen atoms in total. The zero-order chi connectivity index (χ0) is 16.7. The zero-order valence-corrected chi connectivity index (χ0v) is 14.4. The van der Waals surface area contributed by atoms with Crippen LogP contribution in [-0.4, -0.2) is 41.7 Å². The van der Waals surface area contributed by atoms with E-state index in [1.54, 1.807) is 19.0 Å². The Balaban J connectivity index is 2.03. The Bertz CT molecular complexity index is 635. The van der Waals surface area contributed by atoms with Gasteiger partial charge in [-0.25, -0.2) is 4.99 Å². The molecule has 3 atom stereocenters. The van der Waals surface area contributed by atoms with E-state index in [0.29, 0.717) is 17.5 Å². The summed E-state index contributed by atoms with van der Waals surface area (Å²) < 4.78 is 0. The Hall–Kier alpha value is -1.75. The van der Waals surface area contributed by atoms with E-state index < -0.39 is 0 Å². The first kappa shape index (κ1) is 16.1. The van der Waals surface area contributed by atoms with Gasteiger partial charge in [0.15, 0.2) is 0 Å². The molecule has 6 heteroatoms. The predicted molar refractivity (Wildman–Crippen MR) is 92.6 cm³/mol. The van der Waals surface area contributed by atoms with Crippen molar-refractivity contribution in [1.29, 1.82) is 0 Å². The molecule has 2 bridgehead atoms. The van der Waals surface area contributed by atoms with Crippen LogP contribution in [0.4, 0.5) is 0 Å². The van der Waals surface area contributed by atoms with E-state index >= 15 is 0 Å².